The quantitative estimate of drug-likeness (QED) is 0.822. The van der Waals surface area contributed by atoms with Crippen molar-refractivity contribution in [2.45, 2.75) is 37.4 Å². The predicted octanol–water partition coefficient (Wildman–Crippen LogP) is 3.83. The van der Waals surface area contributed by atoms with Crippen molar-refractivity contribution in [3.8, 4) is 0 Å². The maximum Gasteiger partial charge on any atom is 0.416 e. The van der Waals surface area contributed by atoms with Gasteiger partial charge >= 0.3 is 6.18 Å². The van der Waals surface area contributed by atoms with Gasteiger partial charge in [0, 0.05) is 5.54 Å². The molecule has 0 atom stereocenters. The van der Waals surface area contributed by atoms with Gasteiger partial charge in [0.25, 0.3) is 0 Å². The molecule has 0 unspecified atom stereocenters. The van der Waals surface area contributed by atoms with Gasteiger partial charge in [0.15, 0.2) is 0 Å². The van der Waals surface area contributed by atoms with E-state index in [1.165, 1.54) is 18.9 Å². The van der Waals surface area contributed by atoms with Crippen LogP contribution in [0, 0.1) is 11.7 Å². The molecule has 2 aliphatic carbocycles. The van der Waals surface area contributed by atoms with Crippen LogP contribution in [0.25, 0.3) is 0 Å². The topological polar surface area (TPSA) is 12.0 Å². The van der Waals surface area contributed by atoms with Crippen molar-refractivity contribution < 1.29 is 17.6 Å². The first-order valence-corrected chi connectivity index (χ1v) is 6.52. The third kappa shape index (κ3) is 2.76. The number of nitrogens with one attached hydrogen (secondary N) is 1. The lowest BCUT2D eigenvalue weighted by molar-refractivity contribution is -0.137. The van der Waals surface area contributed by atoms with Gasteiger partial charge in [-0.1, -0.05) is 0 Å². The molecule has 3 rings (SSSR count). The van der Waals surface area contributed by atoms with Crippen LogP contribution in [0.3, 0.4) is 0 Å². The van der Waals surface area contributed by atoms with Crippen molar-refractivity contribution in [2.24, 2.45) is 5.92 Å². The van der Waals surface area contributed by atoms with E-state index < -0.39 is 23.1 Å². The molecule has 0 aromatic heterocycles. The molecule has 2 saturated carbocycles. The average Bonchev–Trinajstić information content (AvgIpc) is 3.20. The SMILES string of the molecule is Fc1cc(C(F)(F)F)cc(C2(NCC3CC3)CC2)c1. The van der Waals surface area contributed by atoms with Crippen molar-refractivity contribution in [1.29, 1.82) is 0 Å². The van der Waals surface area contributed by atoms with Crippen LogP contribution in [0.1, 0.15) is 36.8 Å². The van der Waals surface area contributed by atoms with E-state index in [4.69, 9.17) is 0 Å². The van der Waals surface area contributed by atoms with Crippen LogP contribution in [0.5, 0.6) is 0 Å². The highest BCUT2D eigenvalue weighted by atomic mass is 19.4. The van der Waals surface area contributed by atoms with Crippen LogP contribution in [-0.4, -0.2) is 6.54 Å². The molecule has 2 fully saturated rings. The van der Waals surface area contributed by atoms with Gasteiger partial charge in [0.2, 0.25) is 0 Å². The second kappa shape index (κ2) is 4.20. The first kappa shape index (κ1) is 12.9. The molecule has 0 saturated heterocycles. The molecule has 0 amide bonds. The number of halogens is 4. The first-order chi connectivity index (χ1) is 8.89. The number of benzene rings is 1. The van der Waals surface area contributed by atoms with E-state index >= 15 is 0 Å². The minimum absolute atomic E-state index is 0.426. The molecule has 5 heteroatoms. The minimum atomic E-state index is -4.50. The summed E-state index contributed by atoms with van der Waals surface area (Å²) in [6.45, 7) is 0.817. The highest BCUT2D eigenvalue weighted by molar-refractivity contribution is 5.35. The first-order valence-electron chi connectivity index (χ1n) is 6.52. The Morgan fingerprint density at radius 1 is 1.16 bits per heavy atom. The summed E-state index contributed by atoms with van der Waals surface area (Å²) in [5.74, 6) is -0.169. The molecule has 1 aromatic carbocycles. The van der Waals surface area contributed by atoms with E-state index in [-0.39, 0.29) is 0 Å². The lowest BCUT2D eigenvalue weighted by Gasteiger charge is -2.19. The molecule has 1 N–H and O–H groups in total. The van der Waals surface area contributed by atoms with Crippen LogP contribution in [0.15, 0.2) is 18.2 Å². The molecular weight excluding hydrogens is 258 g/mol. The highest BCUT2D eigenvalue weighted by Gasteiger charge is 2.46. The Morgan fingerprint density at radius 2 is 1.84 bits per heavy atom. The van der Waals surface area contributed by atoms with Crippen LogP contribution in [-0.2, 0) is 11.7 Å². The Hall–Kier alpha value is -1.10. The Kier molecular flexibility index (Phi) is 2.85. The molecule has 104 valence electrons. The fourth-order valence-corrected chi connectivity index (χ4v) is 2.38. The van der Waals surface area contributed by atoms with Gasteiger partial charge in [-0.3, -0.25) is 0 Å². The predicted molar refractivity (Wildman–Crippen MR) is 63.0 cm³/mol. The van der Waals surface area contributed by atoms with Gasteiger partial charge in [0.1, 0.15) is 5.82 Å². The van der Waals surface area contributed by atoms with Crippen LogP contribution in [0.2, 0.25) is 0 Å². The van der Waals surface area contributed by atoms with Gasteiger partial charge < -0.3 is 5.32 Å². The Morgan fingerprint density at radius 3 is 2.37 bits per heavy atom. The largest absolute Gasteiger partial charge is 0.416 e. The van der Waals surface area contributed by atoms with Crippen molar-refractivity contribution >= 4 is 0 Å². The second-order valence-corrected chi connectivity index (χ2v) is 5.63. The molecular formula is C14H15F4N. The van der Waals surface area contributed by atoms with E-state index in [0.29, 0.717) is 17.5 Å². The lowest BCUT2D eigenvalue weighted by Crippen LogP contribution is -2.31. The lowest BCUT2D eigenvalue weighted by atomic mass is 10.0. The van der Waals surface area contributed by atoms with E-state index in [9.17, 15) is 17.6 Å². The van der Waals surface area contributed by atoms with Crippen molar-refractivity contribution in [1.82, 2.24) is 5.32 Å². The van der Waals surface area contributed by atoms with E-state index in [1.54, 1.807) is 0 Å². The summed E-state index contributed by atoms with van der Waals surface area (Å²) in [6.07, 6.45) is -0.579. The number of rotatable bonds is 4. The van der Waals surface area contributed by atoms with E-state index in [2.05, 4.69) is 5.32 Å². The molecule has 0 heterocycles. The van der Waals surface area contributed by atoms with E-state index in [1.807, 2.05) is 0 Å². The van der Waals surface area contributed by atoms with Gasteiger partial charge in [-0.2, -0.15) is 13.2 Å². The zero-order valence-electron chi connectivity index (χ0n) is 10.4. The zero-order valence-corrected chi connectivity index (χ0v) is 10.4. The molecule has 0 bridgehead atoms. The summed E-state index contributed by atoms with van der Waals surface area (Å²) in [5.41, 5.74) is -0.896. The van der Waals surface area contributed by atoms with Gasteiger partial charge in [-0.15, -0.1) is 0 Å². The monoisotopic (exact) mass is 273 g/mol. The Bertz CT molecular complexity index is 487. The number of hydrogen-bond acceptors (Lipinski definition) is 1. The normalized spacial score (nSPS) is 21.5. The highest BCUT2D eigenvalue weighted by Crippen LogP contribution is 2.47. The Labute approximate surface area is 109 Å². The molecule has 0 aliphatic heterocycles. The molecule has 0 radical (unpaired) electrons. The number of hydrogen-bond donors (Lipinski definition) is 1. The van der Waals surface area contributed by atoms with Crippen LogP contribution in [0.4, 0.5) is 17.6 Å². The van der Waals surface area contributed by atoms with Crippen molar-refractivity contribution in [3.05, 3.63) is 35.1 Å². The van der Waals surface area contributed by atoms with Crippen LogP contribution < -0.4 is 5.32 Å². The fraction of sp³-hybridized carbons (Fsp3) is 0.571. The average molecular weight is 273 g/mol. The third-order valence-corrected chi connectivity index (χ3v) is 3.95. The smallest absolute Gasteiger partial charge is 0.307 e. The van der Waals surface area contributed by atoms with Gasteiger partial charge in [0.05, 0.1) is 5.56 Å². The minimum Gasteiger partial charge on any atom is -0.307 e. The molecule has 19 heavy (non-hydrogen) atoms. The summed E-state index contributed by atoms with van der Waals surface area (Å²) >= 11 is 0. The maximum atomic E-state index is 13.4. The zero-order chi connectivity index (χ0) is 13.7. The standard InChI is InChI=1S/C14H15F4N/c15-12-6-10(5-11(7-12)14(16,17)18)13(3-4-13)19-8-9-1-2-9/h5-7,9,19H,1-4,8H2. The van der Waals surface area contributed by atoms with Crippen molar-refractivity contribution in [3.63, 3.8) is 0 Å². The maximum absolute atomic E-state index is 13.4. The van der Waals surface area contributed by atoms with E-state index in [0.717, 1.165) is 25.5 Å². The third-order valence-electron chi connectivity index (χ3n) is 3.95. The van der Waals surface area contributed by atoms with Crippen LogP contribution >= 0.6 is 0 Å². The molecule has 1 nitrogen and oxygen atoms in total. The van der Waals surface area contributed by atoms with Crippen molar-refractivity contribution in [2.75, 3.05) is 6.54 Å². The second-order valence-electron chi connectivity index (χ2n) is 5.63. The summed E-state index contributed by atoms with van der Waals surface area (Å²) < 4.78 is 51.5. The molecule has 2 aliphatic rings. The molecule has 1 aromatic rings. The summed E-state index contributed by atoms with van der Waals surface area (Å²) in [6, 6.07) is 2.86. The summed E-state index contributed by atoms with van der Waals surface area (Å²) in [5, 5.41) is 3.32. The summed E-state index contributed by atoms with van der Waals surface area (Å²) in [4.78, 5) is 0. The summed E-state index contributed by atoms with van der Waals surface area (Å²) in [7, 11) is 0. The fourth-order valence-electron chi connectivity index (χ4n) is 2.38. The van der Waals surface area contributed by atoms with Gasteiger partial charge in [-0.25, -0.2) is 4.39 Å². The number of alkyl halides is 3. The molecule has 0 spiro atoms. The van der Waals surface area contributed by atoms with Gasteiger partial charge in [-0.05, 0) is 61.9 Å². The Balaban J connectivity index is 1.85.